The van der Waals surface area contributed by atoms with Gasteiger partial charge in [-0.2, -0.15) is 0 Å². The molecule has 0 fully saturated rings. The van der Waals surface area contributed by atoms with E-state index in [-0.39, 0.29) is 11.5 Å². The largest absolute Gasteiger partial charge is 0.287 e. The number of hydrogen-bond donors (Lipinski definition) is 0. The van der Waals surface area contributed by atoms with Gasteiger partial charge >= 0.3 is 0 Å². The highest BCUT2D eigenvalue weighted by Gasteiger charge is 2.18. The lowest BCUT2D eigenvalue weighted by molar-refractivity contribution is 0.102. The van der Waals surface area contributed by atoms with Crippen molar-refractivity contribution < 1.29 is 9.18 Å². The van der Waals surface area contributed by atoms with E-state index in [0.29, 0.717) is 5.57 Å². The van der Waals surface area contributed by atoms with Gasteiger partial charge in [-0.3, -0.25) is 4.79 Å². The molecule has 15 heavy (non-hydrogen) atoms. The fourth-order valence-corrected chi connectivity index (χ4v) is 1.75. The van der Waals surface area contributed by atoms with Gasteiger partial charge in [-0.05, 0) is 43.4 Å². The number of ketones is 1. The van der Waals surface area contributed by atoms with Crippen molar-refractivity contribution in [3.63, 3.8) is 0 Å². The van der Waals surface area contributed by atoms with Gasteiger partial charge in [-0.25, -0.2) is 9.37 Å². The first-order valence-electron chi connectivity index (χ1n) is 5.13. The Kier molecular flexibility index (Phi) is 2.90. The second kappa shape index (κ2) is 4.34. The molecule has 2 nitrogen and oxygen atoms in total. The van der Waals surface area contributed by atoms with E-state index in [1.54, 1.807) is 0 Å². The zero-order valence-electron chi connectivity index (χ0n) is 8.37. The van der Waals surface area contributed by atoms with Gasteiger partial charge in [0.15, 0.2) is 5.82 Å². The van der Waals surface area contributed by atoms with Crippen LogP contribution < -0.4 is 0 Å². The van der Waals surface area contributed by atoms with Crippen LogP contribution in [0.5, 0.6) is 0 Å². The lowest BCUT2D eigenvalue weighted by atomic mass is 9.95. The van der Waals surface area contributed by atoms with Crippen molar-refractivity contribution in [1.82, 2.24) is 4.98 Å². The summed E-state index contributed by atoms with van der Waals surface area (Å²) in [6, 6.07) is 2.75. The third kappa shape index (κ3) is 2.12. The Morgan fingerprint density at radius 2 is 2.27 bits per heavy atom. The summed E-state index contributed by atoms with van der Waals surface area (Å²) in [5.41, 5.74) is 0.657. The zero-order chi connectivity index (χ0) is 10.7. The average molecular weight is 205 g/mol. The van der Waals surface area contributed by atoms with Crippen molar-refractivity contribution in [2.45, 2.75) is 25.7 Å². The Labute approximate surface area is 87.8 Å². The average Bonchev–Trinajstić information content (AvgIpc) is 2.30. The lowest BCUT2D eigenvalue weighted by Crippen LogP contribution is -2.10. The van der Waals surface area contributed by atoms with Crippen molar-refractivity contribution in [1.29, 1.82) is 0 Å². The number of halogens is 1. The van der Waals surface area contributed by atoms with Crippen LogP contribution in [-0.2, 0) is 0 Å². The van der Waals surface area contributed by atoms with Crippen LogP contribution in [0.4, 0.5) is 4.39 Å². The summed E-state index contributed by atoms with van der Waals surface area (Å²) >= 11 is 0. The number of nitrogens with zero attached hydrogens (tertiary/aromatic N) is 1. The molecule has 0 radical (unpaired) electrons. The highest BCUT2D eigenvalue weighted by atomic mass is 19.1. The highest BCUT2D eigenvalue weighted by Crippen LogP contribution is 2.21. The Hall–Kier alpha value is -1.51. The van der Waals surface area contributed by atoms with Gasteiger partial charge in [0.05, 0.1) is 0 Å². The molecule has 1 aromatic rings. The van der Waals surface area contributed by atoms with Crippen LogP contribution in [0.25, 0.3) is 0 Å². The summed E-state index contributed by atoms with van der Waals surface area (Å²) in [4.78, 5) is 15.6. The molecule has 0 atom stereocenters. The number of hydrogen-bond acceptors (Lipinski definition) is 2. The maximum atomic E-state index is 13.3. The third-order valence-electron chi connectivity index (χ3n) is 2.56. The topological polar surface area (TPSA) is 30.0 Å². The Balaban J connectivity index is 2.28. The monoisotopic (exact) mass is 205 g/mol. The van der Waals surface area contributed by atoms with Crippen molar-refractivity contribution in [2.75, 3.05) is 0 Å². The number of aromatic nitrogens is 1. The van der Waals surface area contributed by atoms with Gasteiger partial charge in [0, 0.05) is 6.20 Å². The molecule has 0 unspecified atom stereocenters. The van der Waals surface area contributed by atoms with Crippen LogP contribution in [0.15, 0.2) is 30.0 Å². The van der Waals surface area contributed by atoms with Crippen molar-refractivity contribution >= 4 is 5.78 Å². The van der Waals surface area contributed by atoms with Gasteiger partial charge in [-0.1, -0.05) is 6.08 Å². The normalized spacial score (nSPS) is 15.9. The molecular formula is C12H12FNO. The molecule has 1 aliphatic carbocycles. The summed E-state index contributed by atoms with van der Waals surface area (Å²) in [5, 5.41) is 0. The molecule has 0 bridgehead atoms. The molecule has 0 aromatic carbocycles. The fourth-order valence-electron chi connectivity index (χ4n) is 1.75. The van der Waals surface area contributed by atoms with Gasteiger partial charge in [0.25, 0.3) is 0 Å². The molecular weight excluding hydrogens is 193 g/mol. The summed E-state index contributed by atoms with van der Waals surface area (Å²) in [5.74, 6) is -0.790. The number of carbonyl (C=O) groups excluding carboxylic acids is 1. The predicted molar refractivity (Wildman–Crippen MR) is 55.1 cm³/mol. The van der Waals surface area contributed by atoms with Crippen LogP contribution >= 0.6 is 0 Å². The number of Topliss-reactive ketones (excluding diaryl/α,β-unsaturated/α-hetero) is 1. The van der Waals surface area contributed by atoms with E-state index in [0.717, 1.165) is 25.7 Å². The quantitative estimate of drug-likeness (QED) is 0.695. The van der Waals surface area contributed by atoms with Crippen LogP contribution in [-0.4, -0.2) is 10.8 Å². The van der Waals surface area contributed by atoms with Crippen LogP contribution in [0.1, 0.15) is 36.2 Å². The van der Waals surface area contributed by atoms with Gasteiger partial charge in [0.2, 0.25) is 5.78 Å². The summed E-state index contributed by atoms with van der Waals surface area (Å²) in [7, 11) is 0. The molecule has 3 heteroatoms. The van der Waals surface area contributed by atoms with E-state index in [1.807, 2.05) is 6.08 Å². The lowest BCUT2D eigenvalue weighted by Gasteiger charge is -2.10. The summed E-state index contributed by atoms with van der Waals surface area (Å²) in [6.07, 6.45) is 7.12. The molecule has 0 N–H and O–H groups in total. The first-order chi connectivity index (χ1) is 7.29. The van der Waals surface area contributed by atoms with Crippen LogP contribution in [0.2, 0.25) is 0 Å². The molecule has 78 valence electrons. The first-order valence-corrected chi connectivity index (χ1v) is 5.13. The fraction of sp³-hybridized carbons (Fsp3) is 0.333. The Morgan fingerprint density at radius 1 is 1.40 bits per heavy atom. The van der Waals surface area contributed by atoms with E-state index in [1.165, 1.54) is 18.3 Å². The number of rotatable bonds is 2. The Bertz CT molecular complexity index is 412. The van der Waals surface area contributed by atoms with E-state index in [9.17, 15) is 9.18 Å². The SMILES string of the molecule is O=C(C1=CCCCC1)c1ncccc1F. The standard InChI is InChI=1S/C12H12FNO/c13-10-7-4-8-14-11(10)12(15)9-5-2-1-3-6-9/h4-5,7-8H,1-3,6H2. The molecule has 0 aliphatic heterocycles. The van der Waals surface area contributed by atoms with E-state index in [2.05, 4.69) is 4.98 Å². The zero-order valence-corrected chi connectivity index (χ0v) is 8.37. The maximum absolute atomic E-state index is 13.3. The van der Waals surface area contributed by atoms with Gasteiger partial charge < -0.3 is 0 Å². The van der Waals surface area contributed by atoms with Gasteiger partial charge in [0.1, 0.15) is 5.69 Å². The number of carbonyl (C=O) groups is 1. The minimum atomic E-state index is -0.533. The molecule has 1 aromatic heterocycles. The van der Waals surface area contributed by atoms with E-state index >= 15 is 0 Å². The van der Waals surface area contributed by atoms with Crippen molar-refractivity contribution in [3.8, 4) is 0 Å². The smallest absolute Gasteiger partial charge is 0.210 e. The minimum absolute atomic E-state index is 0.0503. The summed E-state index contributed by atoms with van der Waals surface area (Å²) in [6.45, 7) is 0. The predicted octanol–water partition coefficient (Wildman–Crippen LogP) is 2.90. The molecule has 1 aliphatic rings. The molecule has 1 heterocycles. The second-order valence-electron chi connectivity index (χ2n) is 3.64. The van der Waals surface area contributed by atoms with Crippen LogP contribution in [0, 0.1) is 5.82 Å². The molecule has 2 rings (SSSR count). The summed E-state index contributed by atoms with van der Waals surface area (Å²) < 4.78 is 13.3. The molecule has 0 spiro atoms. The molecule has 0 saturated heterocycles. The Morgan fingerprint density at radius 3 is 2.93 bits per heavy atom. The third-order valence-corrected chi connectivity index (χ3v) is 2.56. The first kappa shape index (κ1) is 10.0. The molecule has 0 amide bonds. The van der Waals surface area contributed by atoms with Crippen molar-refractivity contribution in [2.24, 2.45) is 0 Å². The number of pyridine rings is 1. The van der Waals surface area contributed by atoms with Gasteiger partial charge in [-0.15, -0.1) is 0 Å². The molecule has 0 saturated carbocycles. The highest BCUT2D eigenvalue weighted by molar-refractivity contribution is 6.07. The van der Waals surface area contributed by atoms with Crippen LogP contribution in [0.3, 0.4) is 0 Å². The van der Waals surface area contributed by atoms with E-state index < -0.39 is 5.82 Å². The maximum Gasteiger partial charge on any atom is 0.210 e. The minimum Gasteiger partial charge on any atom is -0.287 e. The second-order valence-corrected chi connectivity index (χ2v) is 3.64. The van der Waals surface area contributed by atoms with E-state index in [4.69, 9.17) is 0 Å². The number of allylic oxidation sites excluding steroid dienone is 2. The van der Waals surface area contributed by atoms with Crippen molar-refractivity contribution in [3.05, 3.63) is 41.5 Å².